The van der Waals surface area contributed by atoms with Gasteiger partial charge in [0.15, 0.2) is 98.5 Å². The average Bonchev–Trinajstić information content (AvgIpc) is 1.09. The summed E-state index contributed by atoms with van der Waals surface area (Å²) in [6.07, 6.45) is -21.8. The quantitative estimate of drug-likeness (QED) is 0.0405. The minimum absolute atomic E-state index is 0.270. The van der Waals surface area contributed by atoms with Crippen molar-refractivity contribution in [2.24, 2.45) is 0 Å². The van der Waals surface area contributed by atoms with Gasteiger partial charge in [0, 0.05) is 23.3 Å². The fraction of sp³-hybridized carbons (Fsp3) is 0.236. The molecule has 6 aromatic carbocycles. The second-order valence-electron chi connectivity index (χ2n) is 20.0. The summed E-state index contributed by atoms with van der Waals surface area (Å²) in [6, 6.07) is 3.74. The lowest BCUT2D eigenvalue weighted by Gasteiger charge is -2.44. The Morgan fingerprint density at radius 2 is 0.946 bits per heavy atom. The lowest BCUT2D eigenvalue weighted by atomic mass is 9.91. The van der Waals surface area contributed by atoms with Gasteiger partial charge in [-0.25, -0.2) is 28.8 Å². The van der Waals surface area contributed by atoms with Crippen LogP contribution in [0.4, 0.5) is 0 Å². The lowest BCUT2D eigenvalue weighted by molar-refractivity contribution is -0.357. The Morgan fingerprint density at radius 1 is 0.500 bits per heavy atom. The zero-order valence-corrected chi connectivity index (χ0v) is 45.5. The SMILES string of the molecule is O=C(O[C@@H]1O[C@@H]2COC(=O)c3cc(Oc4c(C(=O)OCC5(O)O[C@H](CO)[C@@H](O)[C@@H](O)[C@@H]5O)cc(O)c(O)c4O)c(O)c(O)c3-c3c(cc(O)c(O)c3O)C(=O)O[C@H]2[C@H](OC(=O)c2cc(O)c(O)c(O)c2)[C@H]1OC(=O)c1cc(O)c(O)c(O)c1)c1cc(O)c(O)c(O)c1. The number of aliphatic hydroxyl groups excluding tert-OH is 4. The molecule has 0 bridgehead atoms. The molecule has 488 valence electrons. The summed E-state index contributed by atoms with van der Waals surface area (Å²) >= 11 is 0. The summed E-state index contributed by atoms with van der Waals surface area (Å²) in [4.78, 5) is 85.8. The molecule has 10 atom stereocenters. The molecule has 3 heterocycles. The van der Waals surface area contributed by atoms with Crippen LogP contribution in [0.3, 0.4) is 0 Å². The smallest absolute Gasteiger partial charge is 0.342 e. The molecule has 9 rings (SSSR count). The van der Waals surface area contributed by atoms with E-state index in [0.717, 1.165) is 0 Å². The van der Waals surface area contributed by atoms with E-state index in [9.17, 15) is 141 Å². The number of carbonyl (C=O) groups excluding carboxylic acids is 6. The number of benzene rings is 6. The molecule has 2 fully saturated rings. The van der Waals surface area contributed by atoms with Gasteiger partial charge in [0.25, 0.3) is 0 Å². The number of phenolic OH excluding ortho intramolecular Hbond substituents is 17. The van der Waals surface area contributed by atoms with E-state index < -0.39 is 270 Å². The largest absolute Gasteiger partial charge is 0.504 e. The van der Waals surface area contributed by atoms with Gasteiger partial charge in [-0.3, -0.25) is 0 Å². The molecule has 2 saturated heterocycles. The number of ether oxygens (including phenoxy) is 9. The number of rotatable bonds is 12. The number of phenols is 17. The molecule has 0 radical (unpaired) electrons. The van der Waals surface area contributed by atoms with Crippen molar-refractivity contribution in [2.45, 2.75) is 60.9 Å². The molecule has 92 heavy (non-hydrogen) atoms. The van der Waals surface area contributed by atoms with Crippen LogP contribution in [-0.2, 0) is 37.9 Å². The van der Waals surface area contributed by atoms with Gasteiger partial charge in [0.2, 0.25) is 41.2 Å². The summed E-state index contributed by atoms with van der Waals surface area (Å²) < 4.78 is 49.5. The highest BCUT2D eigenvalue weighted by molar-refractivity contribution is 6.09. The number of hydrogen-bond acceptors (Lipinski definition) is 37. The third kappa shape index (κ3) is 11.6. The fourth-order valence-corrected chi connectivity index (χ4v) is 9.42. The van der Waals surface area contributed by atoms with E-state index in [1.54, 1.807) is 0 Å². The zero-order valence-electron chi connectivity index (χ0n) is 45.5. The predicted molar refractivity (Wildman–Crippen MR) is 283 cm³/mol. The standard InChI is InChI=1S/C55H46O37/c56-10-28-38(71)42(75)47(76)55(83,92-28)12-85-52(81)18-8-26(64)36(69)41(74)43(18)86-27-9-17-31(40(73)37(27)70)30-16(7-25(63)35(68)39(30)72)53(82)88-44-29(11-84-51(17)80)87-54(91-50(79)15-5-23(61)34(67)24(62)6-15)46(90-49(78)14-3-21(59)33(66)22(60)4-14)45(44)89-48(77)13-1-19(57)32(65)20(58)2-13/h1-9,28-29,38,42,44-47,54,56-76,83H,10-12H2/t28-,29-,38-,42-,44-,45+,46-,47+,54+,55?/m1/s1. The van der Waals surface area contributed by atoms with Crippen molar-refractivity contribution in [1.29, 1.82) is 0 Å². The molecule has 37 heteroatoms. The maximum absolute atomic E-state index is 14.9. The van der Waals surface area contributed by atoms with E-state index in [0.29, 0.717) is 48.5 Å². The first-order valence-corrected chi connectivity index (χ1v) is 25.6. The number of hydrogen-bond donors (Lipinski definition) is 22. The molecule has 3 aliphatic rings. The van der Waals surface area contributed by atoms with Gasteiger partial charge >= 0.3 is 35.8 Å². The van der Waals surface area contributed by atoms with Crippen LogP contribution in [-0.4, -0.2) is 229 Å². The van der Waals surface area contributed by atoms with Crippen LogP contribution in [0.15, 0.2) is 54.6 Å². The summed E-state index contributed by atoms with van der Waals surface area (Å²) in [7, 11) is 0. The van der Waals surface area contributed by atoms with Gasteiger partial charge in [-0.15, -0.1) is 0 Å². The molecule has 0 amide bonds. The van der Waals surface area contributed by atoms with Crippen molar-refractivity contribution in [2.75, 3.05) is 19.8 Å². The van der Waals surface area contributed by atoms with Gasteiger partial charge in [-0.05, 0) is 42.5 Å². The number of cyclic esters (lactones) is 1. The van der Waals surface area contributed by atoms with Crippen LogP contribution in [0.1, 0.15) is 62.1 Å². The predicted octanol–water partition coefficient (Wildman–Crippen LogP) is -0.811. The van der Waals surface area contributed by atoms with Crippen LogP contribution in [0.5, 0.6) is 109 Å². The monoisotopic (exact) mass is 1300 g/mol. The molecule has 0 spiro atoms. The molecule has 22 N–H and O–H groups in total. The van der Waals surface area contributed by atoms with E-state index in [2.05, 4.69) is 0 Å². The summed E-state index contributed by atoms with van der Waals surface area (Å²) in [5, 5.41) is 233. The Morgan fingerprint density at radius 3 is 1.46 bits per heavy atom. The van der Waals surface area contributed by atoms with E-state index in [1.807, 2.05) is 0 Å². The van der Waals surface area contributed by atoms with Gasteiger partial charge < -0.3 is 155 Å². The van der Waals surface area contributed by atoms with Gasteiger partial charge in [-0.2, -0.15) is 0 Å². The number of carbonyl (C=O) groups is 6. The van der Waals surface area contributed by atoms with Gasteiger partial charge in [0.05, 0.1) is 34.4 Å². The number of fused-ring (bicyclic) bond motifs is 4. The molecule has 0 aliphatic carbocycles. The molecule has 0 saturated carbocycles. The van der Waals surface area contributed by atoms with Crippen molar-refractivity contribution in [1.82, 2.24) is 0 Å². The van der Waals surface area contributed by atoms with Gasteiger partial charge in [0.1, 0.15) is 49.3 Å². The summed E-state index contributed by atoms with van der Waals surface area (Å²) in [5.74, 6) is -40.2. The minimum Gasteiger partial charge on any atom is -0.504 e. The lowest BCUT2D eigenvalue weighted by Crippen LogP contribution is -2.66. The van der Waals surface area contributed by atoms with Crippen molar-refractivity contribution in [3.63, 3.8) is 0 Å². The van der Waals surface area contributed by atoms with E-state index in [-0.39, 0.29) is 6.07 Å². The molecular formula is C55H46O37. The fourth-order valence-electron chi connectivity index (χ4n) is 9.42. The Balaban J connectivity index is 1.19. The van der Waals surface area contributed by atoms with Crippen LogP contribution < -0.4 is 4.74 Å². The molecular weight excluding hydrogens is 1250 g/mol. The molecule has 0 aromatic heterocycles. The topological polar surface area (TPSA) is 631 Å². The molecule has 3 aliphatic heterocycles. The van der Waals surface area contributed by atoms with Crippen molar-refractivity contribution >= 4 is 35.8 Å². The maximum atomic E-state index is 14.9. The second kappa shape index (κ2) is 24.3. The molecule has 37 nitrogen and oxygen atoms in total. The maximum Gasteiger partial charge on any atom is 0.342 e. The first-order valence-electron chi connectivity index (χ1n) is 25.6. The summed E-state index contributed by atoms with van der Waals surface area (Å²) in [5.41, 5.74) is -9.20. The Bertz CT molecular complexity index is 3980. The van der Waals surface area contributed by atoms with E-state index in [4.69, 9.17) is 42.6 Å². The highest BCUT2D eigenvalue weighted by Crippen LogP contribution is 2.56. The number of aliphatic hydroxyl groups is 5. The van der Waals surface area contributed by atoms with Crippen LogP contribution in [0.25, 0.3) is 11.1 Å². The van der Waals surface area contributed by atoms with Crippen LogP contribution >= 0.6 is 0 Å². The first-order chi connectivity index (χ1) is 43.2. The number of aromatic hydroxyl groups is 17. The minimum atomic E-state index is -3.15. The summed E-state index contributed by atoms with van der Waals surface area (Å²) in [6.45, 7) is -4.12. The van der Waals surface area contributed by atoms with Crippen molar-refractivity contribution in [3.8, 4) is 120 Å². The molecule has 1 unspecified atom stereocenters. The Hall–Kier alpha value is -11.7. The van der Waals surface area contributed by atoms with Crippen LogP contribution in [0, 0.1) is 0 Å². The first kappa shape index (κ1) is 64.7. The van der Waals surface area contributed by atoms with E-state index in [1.165, 1.54) is 0 Å². The third-order valence-electron chi connectivity index (χ3n) is 14.1. The normalized spacial score (nSPS) is 22.8. The average molecular weight is 1300 g/mol. The highest BCUT2D eigenvalue weighted by atomic mass is 16.8. The van der Waals surface area contributed by atoms with Crippen LogP contribution in [0.2, 0.25) is 0 Å². The highest BCUT2D eigenvalue weighted by Gasteiger charge is 2.56. The van der Waals surface area contributed by atoms with Crippen molar-refractivity contribution < 1.29 is 184 Å². The number of esters is 6. The Labute approximate surface area is 507 Å². The third-order valence-corrected chi connectivity index (χ3v) is 14.1. The molecule has 6 aromatic rings. The zero-order chi connectivity index (χ0) is 67.6. The Kier molecular flexibility index (Phi) is 17.1. The van der Waals surface area contributed by atoms with E-state index >= 15 is 0 Å². The van der Waals surface area contributed by atoms with Gasteiger partial charge in [-0.1, -0.05) is 0 Å². The van der Waals surface area contributed by atoms with Crippen molar-refractivity contribution in [3.05, 3.63) is 88.0 Å². The second-order valence-corrected chi connectivity index (χ2v) is 20.0.